The Labute approximate surface area is 94.1 Å². The van der Waals surface area contributed by atoms with Crippen molar-refractivity contribution in [3.8, 4) is 0 Å². The van der Waals surface area contributed by atoms with Crippen LogP contribution in [-0.2, 0) is 34.1 Å². The molecule has 5 heteroatoms. The van der Waals surface area contributed by atoms with Gasteiger partial charge in [-0.2, -0.15) is 0 Å². The minimum Gasteiger partial charge on any atom is -0.596 e. The van der Waals surface area contributed by atoms with Gasteiger partial charge in [0.05, 0.1) is 0 Å². The summed E-state index contributed by atoms with van der Waals surface area (Å²) >= 11 is 0. The van der Waals surface area contributed by atoms with Gasteiger partial charge in [-0.1, -0.05) is 0 Å². The summed E-state index contributed by atoms with van der Waals surface area (Å²) in [5.41, 5.74) is 0.616. The third-order valence-electron chi connectivity index (χ3n) is 1.32. The SMILES string of the molecule is CC([OH2+])=C(C)C(=[OH+])N(C)C.[Fe].[Fe]. The smallest absolute Gasteiger partial charge is 0.428 e. The first-order valence-electron chi connectivity index (χ1n) is 3.09. The average Bonchev–Trinajstić information content (AvgIpc) is 1.84. The molecule has 0 aromatic rings. The quantitative estimate of drug-likeness (QED) is 0.276. The number of amides is 1. The van der Waals surface area contributed by atoms with Gasteiger partial charge >= 0.3 is 5.91 Å². The van der Waals surface area contributed by atoms with E-state index in [1.807, 2.05) is 0 Å². The van der Waals surface area contributed by atoms with Crippen LogP contribution >= 0.6 is 0 Å². The molecule has 0 bridgehead atoms. The van der Waals surface area contributed by atoms with Gasteiger partial charge in [-0.15, -0.1) is 0 Å². The molecule has 0 unspecified atom stereocenters. The number of allylic oxidation sites excluding steroid dienone is 1. The van der Waals surface area contributed by atoms with E-state index in [0.29, 0.717) is 11.3 Å². The standard InChI is InChI=1S/C7H13NO2.2Fe/c1-5(6(2)9)7(10)8(3)4;;/h9H,1-4H3;;/p+2. The Bertz CT molecular complexity index is 174. The number of nitrogens with zero attached hydrogens (tertiary/aromatic N) is 1. The summed E-state index contributed by atoms with van der Waals surface area (Å²) in [6.45, 7) is 3.37. The summed E-state index contributed by atoms with van der Waals surface area (Å²) in [7, 11) is 3.48. The second-order valence-electron chi connectivity index (χ2n) is 2.47. The van der Waals surface area contributed by atoms with Crippen LogP contribution in [0.5, 0.6) is 0 Å². The third-order valence-corrected chi connectivity index (χ3v) is 1.32. The Morgan fingerprint density at radius 1 is 1.17 bits per heavy atom. The fourth-order valence-electron chi connectivity index (χ4n) is 0.503. The Balaban J connectivity index is -0.000000405. The minimum absolute atomic E-state index is 0. The van der Waals surface area contributed by atoms with Crippen molar-refractivity contribution in [1.82, 2.24) is 4.90 Å². The second kappa shape index (κ2) is 7.69. The van der Waals surface area contributed by atoms with Crippen molar-refractivity contribution >= 4 is 5.91 Å². The minimum atomic E-state index is 0. The van der Waals surface area contributed by atoms with Gasteiger partial charge in [-0.3, -0.25) is 9.69 Å². The summed E-state index contributed by atoms with van der Waals surface area (Å²) in [6, 6.07) is 0. The first-order valence-corrected chi connectivity index (χ1v) is 3.09. The van der Waals surface area contributed by atoms with Gasteiger partial charge in [0.1, 0.15) is 0 Å². The number of carbonyl (C=O) groups excluding carboxylic acids is 1. The molecular weight excluding hydrogens is 242 g/mol. The van der Waals surface area contributed by atoms with Crippen LogP contribution < -0.4 is 0 Å². The molecule has 0 saturated heterocycles. The molecule has 0 heterocycles. The number of hydrogen-bond donors (Lipinski definition) is 0. The topological polar surface area (TPSA) is 47.5 Å². The molecule has 0 spiro atoms. The molecule has 0 aliphatic carbocycles. The molecular formula is C7H15Fe2NO2+2. The van der Waals surface area contributed by atoms with Crippen molar-refractivity contribution < 1.29 is 44.0 Å². The molecule has 0 atom stereocenters. The predicted molar refractivity (Wildman–Crippen MR) is 42.6 cm³/mol. The third kappa shape index (κ3) is 5.67. The van der Waals surface area contributed by atoms with E-state index in [2.05, 4.69) is 0 Å². The molecule has 0 aliphatic rings. The molecule has 0 radical (unpaired) electrons. The molecule has 0 aliphatic heterocycles. The van der Waals surface area contributed by atoms with Crippen molar-refractivity contribution in [3.63, 3.8) is 0 Å². The molecule has 3 nitrogen and oxygen atoms in total. The van der Waals surface area contributed by atoms with E-state index in [-0.39, 0.29) is 40.0 Å². The molecule has 74 valence electrons. The molecule has 3 N–H and O–H groups in total. The first-order chi connectivity index (χ1) is 4.46. The van der Waals surface area contributed by atoms with Crippen LogP contribution in [0.2, 0.25) is 0 Å². The van der Waals surface area contributed by atoms with Gasteiger partial charge < -0.3 is 5.11 Å². The van der Waals surface area contributed by atoms with Crippen molar-refractivity contribution in [3.05, 3.63) is 11.3 Å². The van der Waals surface area contributed by atoms with E-state index in [1.165, 1.54) is 0 Å². The summed E-state index contributed by atoms with van der Waals surface area (Å²) in [5.74, 6) is 0.554. The molecule has 0 aromatic carbocycles. The normalized spacial score (nSPS) is 10.3. The monoisotopic (exact) mass is 257 g/mol. The summed E-state index contributed by atoms with van der Waals surface area (Å²) in [5, 5.41) is 7.18. The van der Waals surface area contributed by atoms with E-state index >= 15 is 0 Å². The van der Waals surface area contributed by atoms with Gasteiger partial charge in [0.25, 0.3) is 0 Å². The Hall–Kier alpha value is 0.0490. The first kappa shape index (κ1) is 18.0. The maximum atomic E-state index is 9.23. The second-order valence-corrected chi connectivity index (χ2v) is 2.47. The van der Waals surface area contributed by atoms with Crippen LogP contribution in [0.4, 0.5) is 0 Å². The van der Waals surface area contributed by atoms with Crippen LogP contribution in [0.1, 0.15) is 13.8 Å². The fraction of sp³-hybridized carbons (Fsp3) is 0.571. The van der Waals surface area contributed by atoms with E-state index in [9.17, 15) is 4.79 Å². The van der Waals surface area contributed by atoms with Crippen molar-refractivity contribution in [2.24, 2.45) is 0 Å². The molecule has 0 saturated carbocycles. The van der Waals surface area contributed by atoms with Gasteiger partial charge in [0.15, 0.2) is 5.57 Å². The number of rotatable bonds is 1. The van der Waals surface area contributed by atoms with Crippen LogP contribution in [0.15, 0.2) is 11.3 Å². The van der Waals surface area contributed by atoms with Gasteiger partial charge in [-0.05, 0) is 6.92 Å². The Morgan fingerprint density at radius 2 is 1.50 bits per heavy atom. The van der Waals surface area contributed by atoms with Gasteiger partial charge in [-0.25, -0.2) is 0 Å². The summed E-state index contributed by atoms with van der Waals surface area (Å²) in [6.07, 6.45) is 0. The molecule has 0 aromatic heterocycles. The zero-order chi connectivity index (χ0) is 8.31. The summed E-state index contributed by atoms with van der Waals surface area (Å²) in [4.78, 5) is 10.8. The maximum absolute atomic E-state index is 9.23. The maximum Gasteiger partial charge on any atom is 0.428 e. The van der Waals surface area contributed by atoms with E-state index in [0.717, 1.165) is 0 Å². The van der Waals surface area contributed by atoms with Crippen LogP contribution in [0.3, 0.4) is 0 Å². The Kier molecular flexibility index (Phi) is 11.5. The zero-order valence-corrected chi connectivity index (χ0v) is 9.81. The average molecular weight is 257 g/mol. The van der Waals surface area contributed by atoms with Gasteiger partial charge in [0, 0.05) is 55.2 Å². The van der Waals surface area contributed by atoms with Crippen molar-refractivity contribution in [2.75, 3.05) is 14.1 Å². The molecule has 1 amide bonds. The van der Waals surface area contributed by atoms with Crippen LogP contribution in [-0.4, -0.2) is 34.8 Å². The molecule has 12 heavy (non-hydrogen) atoms. The molecule has 0 fully saturated rings. The van der Waals surface area contributed by atoms with Crippen LogP contribution in [0.25, 0.3) is 0 Å². The zero-order valence-electron chi connectivity index (χ0n) is 7.60. The van der Waals surface area contributed by atoms with Crippen molar-refractivity contribution in [1.29, 1.82) is 0 Å². The van der Waals surface area contributed by atoms with E-state index in [1.54, 1.807) is 32.8 Å². The largest absolute Gasteiger partial charge is 0.596 e. The molecule has 0 rings (SSSR count). The van der Waals surface area contributed by atoms with E-state index < -0.39 is 0 Å². The van der Waals surface area contributed by atoms with Gasteiger partial charge in [0.2, 0.25) is 5.76 Å². The Morgan fingerprint density at radius 3 is 1.58 bits per heavy atom. The fourth-order valence-corrected chi connectivity index (χ4v) is 0.503. The number of likely N-dealkylation sites (N-methyl/N-ethyl adjacent to an activating group) is 1. The number of hydrogen-bond acceptors (Lipinski definition) is 0. The predicted octanol–water partition coefficient (Wildman–Crippen LogP) is 0.0639. The van der Waals surface area contributed by atoms with Crippen LogP contribution in [0, 0.1) is 0 Å². The van der Waals surface area contributed by atoms with Crippen molar-refractivity contribution in [2.45, 2.75) is 13.8 Å². The van der Waals surface area contributed by atoms with E-state index in [4.69, 9.17) is 5.11 Å². The summed E-state index contributed by atoms with van der Waals surface area (Å²) < 4.78 is 0.